The Bertz CT molecular complexity index is 385. The predicted octanol–water partition coefficient (Wildman–Crippen LogP) is 2.83. The molecule has 1 aliphatic carbocycles. The second-order valence-electron chi connectivity index (χ2n) is 6.84. The lowest BCUT2D eigenvalue weighted by atomic mass is 9.63. The maximum Gasteiger partial charge on any atom is 0.380 e. The van der Waals surface area contributed by atoms with Gasteiger partial charge in [-0.3, -0.25) is 4.84 Å². The van der Waals surface area contributed by atoms with Gasteiger partial charge in [-0.05, 0) is 30.1 Å². The maximum atomic E-state index is 12.9. The minimum atomic E-state index is -3.30. The van der Waals surface area contributed by atoms with Gasteiger partial charge in [0.1, 0.15) is 6.10 Å². The van der Waals surface area contributed by atoms with Gasteiger partial charge >= 0.3 is 6.11 Å². The zero-order valence-corrected chi connectivity index (χ0v) is 13.0. The molecule has 0 heterocycles. The van der Waals surface area contributed by atoms with E-state index >= 15 is 0 Å². The van der Waals surface area contributed by atoms with Gasteiger partial charge in [-0.1, -0.05) is 20.8 Å². The summed E-state index contributed by atoms with van der Waals surface area (Å²) in [6.07, 6.45) is 0.671. The highest BCUT2D eigenvalue weighted by Gasteiger charge is 2.42. The number of hydrogen-bond acceptors (Lipinski definition) is 5. The third kappa shape index (κ3) is 6.12. The van der Waals surface area contributed by atoms with E-state index in [-0.39, 0.29) is 16.9 Å². The van der Waals surface area contributed by atoms with E-state index in [0.29, 0.717) is 13.0 Å². The third-order valence-electron chi connectivity index (χ3n) is 3.77. The summed E-state index contributed by atoms with van der Waals surface area (Å²) in [5.41, 5.74) is 2.42. The number of nitrogens with one attached hydrogen (secondary N) is 1. The molecule has 1 N–H and O–H groups in total. The van der Waals surface area contributed by atoms with Crippen LogP contribution in [0.25, 0.3) is 0 Å². The van der Waals surface area contributed by atoms with Gasteiger partial charge < -0.3 is 9.47 Å². The van der Waals surface area contributed by atoms with Crippen LogP contribution in [0.3, 0.4) is 0 Å². The summed E-state index contributed by atoms with van der Waals surface area (Å²) in [5, 5.41) is 8.68. The van der Waals surface area contributed by atoms with E-state index in [1.54, 1.807) is 6.26 Å². The highest BCUT2D eigenvalue weighted by molar-refractivity contribution is 4.93. The van der Waals surface area contributed by atoms with Crippen molar-refractivity contribution in [1.29, 1.82) is 5.26 Å². The molecule has 2 atom stereocenters. The summed E-state index contributed by atoms with van der Waals surface area (Å²) in [6.45, 7) is 5.81. The summed E-state index contributed by atoms with van der Waals surface area (Å²) < 4.78 is 34.8. The van der Waals surface area contributed by atoms with Gasteiger partial charge in [-0.2, -0.15) is 14.0 Å². The molecule has 0 aromatic carbocycles. The molecule has 0 aromatic heterocycles. The number of alkyl halides is 2. The van der Waals surface area contributed by atoms with E-state index < -0.39 is 12.7 Å². The Morgan fingerprint density at radius 3 is 2.57 bits per heavy atom. The average molecular weight is 306 g/mol. The van der Waals surface area contributed by atoms with Crippen LogP contribution in [-0.4, -0.2) is 32.5 Å². The Balaban J connectivity index is 2.49. The highest BCUT2D eigenvalue weighted by atomic mass is 19.3. The molecule has 5 nitrogen and oxygen atoms in total. The molecular formula is C14H24F2N2O3. The first-order chi connectivity index (χ1) is 9.61. The first kappa shape index (κ1) is 18.1. The Kier molecular flexibility index (Phi) is 5.91. The fraction of sp³-hybridized carbons (Fsp3) is 0.929. The summed E-state index contributed by atoms with van der Waals surface area (Å²) in [5.74, 6) is 0. The first-order valence-corrected chi connectivity index (χ1v) is 6.94. The minimum Gasteiger partial charge on any atom is -0.424 e. The highest BCUT2D eigenvalue weighted by Crippen LogP contribution is 2.46. The molecule has 0 aromatic rings. The largest absolute Gasteiger partial charge is 0.424 e. The van der Waals surface area contributed by atoms with Crippen molar-refractivity contribution < 1.29 is 23.1 Å². The number of rotatable bonds is 7. The normalized spacial score (nSPS) is 28.9. The number of ether oxygens (including phenoxy) is 2. The van der Waals surface area contributed by atoms with Crippen molar-refractivity contribution in [1.82, 2.24) is 5.48 Å². The molecule has 0 amide bonds. The number of nitriles is 1. The van der Waals surface area contributed by atoms with Crippen LogP contribution in [0.5, 0.6) is 0 Å². The fourth-order valence-corrected chi connectivity index (χ4v) is 3.25. The standard InChI is InChI=1S/C14H24F2N2O3/c1-12(2)5-11(20-10-17)6-13(3,7-12)8-18-21-9-14(15,16)19-4/h11,18H,5-9H2,1-4H3. The number of hydroxylamine groups is 1. The molecule has 0 aliphatic heterocycles. The molecule has 0 bridgehead atoms. The van der Waals surface area contributed by atoms with Crippen LogP contribution < -0.4 is 5.48 Å². The van der Waals surface area contributed by atoms with Crippen molar-refractivity contribution in [3.8, 4) is 6.26 Å². The molecule has 0 spiro atoms. The molecule has 2 unspecified atom stereocenters. The second kappa shape index (κ2) is 6.86. The molecule has 21 heavy (non-hydrogen) atoms. The Hall–Kier alpha value is -0.970. The van der Waals surface area contributed by atoms with Crippen LogP contribution in [0.1, 0.15) is 40.0 Å². The Labute approximate surface area is 124 Å². The lowest BCUT2D eigenvalue weighted by Crippen LogP contribution is -2.45. The Morgan fingerprint density at radius 2 is 2.00 bits per heavy atom. The molecule has 122 valence electrons. The summed E-state index contributed by atoms with van der Waals surface area (Å²) >= 11 is 0. The van der Waals surface area contributed by atoms with E-state index in [1.165, 1.54) is 0 Å². The van der Waals surface area contributed by atoms with Crippen molar-refractivity contribution in [2.45, 2.75) is 52.2 Å². The lowest BCUT2D eigenvalue weighted by Gasteiger charge is -2.45. The minimum absolute atomic E-state index is 0.0205. The number of halogens is 2. The van der Waals surface area contributed by atoms with Gasteiger partial charge in [0.15, 0.2) is 6.61 Å². The van der Waals surface area contributed by atoms with E-state index in [0.717, 1.165) is 20.0 Å². The first-order valence-electron chi connectivity index (χ1n) is 6.94. The second-order valence-corrected chi connectivity index (χ2v) is 6.84. The van der Waals surface area contributed by atoms with Gasteiger partial charge in [-0.15, -0.1) is 0 Å². The number of hydrogen-bond donors (Lipinski definition) is 1. The van der Waals surface area contributed by atoms with Gasteiger partial charge in [-0.25, -0.2) is 5.48 Å². The van der Waals surface area contributed by atoms with E-state index in [4.69, 9.17) is 14.8 Å². The quantitative estimate of drug-likeness (QED) is 0.445. The third-order valence-corrected chi connectivity index (χ3v) is 3.77. The van der Waals surface area contributed by atoms with Crippen LogP contribution in [0.2, 0.25) is 0 Å². The van der Waals surface area contributed by atoms with Crippen LogP contribution >= 0.6 is 0 Å². The van der Waals surface area contributed by atoms with E-state index in [2.05, 4.69) is 24.1 Å². The lowest BCUT2D eigenvalue weighted by molar-refractivity contribution is -0.260. The zero-order valence-electron chi connectivity index (χ0n) is 13.0. The van der Waals surface area contributed by atoms with Crippen LogP contribution in [-0.2, 0) is 14.3 Å². The summed E-state index contributed by atoms with van der Waals surface area (Å²) in [6, 6.07) is 0. The predicted molar refractivity (Wildman–Crippen MR) is 72.1 cm³/mol. The fourth-order valence-electron chi connectivity index (χ4n) is 3.25. The molecule has 1 rings (SSSR count). The van der Waals surface area contributed by atoms with Gasteiger partial charge in [0.2, 0.25) is 0 Å². The smallest absolute Gasteiger partial charge is 0.380 e. The summed E-state index contributed by atoms with van der Waals surface area (Å²) in [7, 11) is 0.929. The van der Waals surface area contributed by atoms with Crippen LogP contribution in [0, 0.1) is 22.3 Å². The molecule has 1 saturated carbocycles. The molecule has 7 heteroatoms. The van der Waals surface area contributed by atoms with Crippen molar-refractivity contribution in [2.24, 2.45) is 10.8 Å². The molecule has 1 aliphatic rings. The van der Waals surface area contributed by atoms with Crippen molar-refractivity contribution in [3.05, 3.63) is 0 Å². The maximum absolute atomic E-state index is 12.9. The van der Waals surface area contributed by atoms with Crippen LogP contribution in [0.4, 0.5) is 8.78 Å². The van der Waals surface area contributed by atoms with Crippen LogP contribution in [0.15, 0.2) is 0 Å². The van der Waals surface area contributed by atoms with Crippen molar-refractivity contribution in [3.63, 3.8) is 0 Å². The van der Waals surface area contributed by atoms with Gasteiger partial charge in [0, 0.05) is 13.7 Å². The summed E-state index contributed by atoms with van der Waals surface area (Å²) in [4.78, 5) is 4.79. The Morgan fingerprint density at radius 1 is 1.33 bits per heavy atom. The molecule has 1 fully saturated rings. The topological polar surface area (TPSA) is 63.5 Å². The zero-order chi connectivity index (χ0) is 16.1. The molecule has 0 saturated heterocycles. The monoisotopic (exact) mass is 306 g/mol. The van der Waals surface area contributed by atoms with Crippen molar-refractivity contribution >= 4 is 0 Å². The molecule has 0 radical (unpaired) electrons. The van der Waals surface area contributed by atoms with Gasteiger partial charge in [0.25, 0.3) is 6.26 Å². The number of methoxy groups -OCH3 is 1. The van der Waals surface area contributed by atoms with E-state index in [9.17, 15) is 8.78 Å². The van der Waals surface area contributed by atoms with Gasteiger partial charge in [0.05, 0.1) is 0 Å². The number of nitrogens with zero attached hydrogens (tertiary/aromatic N) is 1. The molecular weight excluding hydrogens is 282 g/mol. The SMILES string of the molecule is COC(F)(F)CONCC1(C)CC(OC#N)CC(C)(C)C1. The average Bonchev–Trinajstić information content (AvgIpc) is 2.33. The van der Waals surface area contributed by atoms with E-state index in [1.807, 2.05) is 6.92 Å². The van der Waals surface area contributed by atoms with Crippen molar-refractivity contribution in [2.75, 3.05) is 20.3 Å².